The van der Waals surface area contributed by atoms with Gasteiger partial charge in [0.1, 0.15) is 5.69 Å². The number of methoxy groups -OCH3 is 1. The van der Waals surface area contributed by atoms with E-state index in [2.05, 4.69) is 20.7 Å². The molecule has 0 aliphatic carbocycles. The van der Waals surface area contributed by atoms with Crippen LogP contribution in [0.2, 0.25) is 0 Å². The average molecular weight is 289 g/mol. The average Bonchev–Trinajstić information content (AvgIpc) is 2.93. The molecule has 0 saturated heterocycles. The molecule has 0 unspecified atom stereocenters. The Balaban J connectivity index is 2.04. The third-order valence-electron chi connectivity index (χ3n) is 2.78. The van der Waals surface area contributed by atoms with E-state index in [0.29, 0.717) is 25.4 Å². The van der Waals surface area contributed by atoms with E-state index in [1.54, 1.807) is 36.3 Å². The molecule has 0 aliphatic rings. The van der Waals surface area contributed by atoms with Gasteiger partial charge in [-0.3, -0.25) is 14.5 Å². The summed E-state index contributed by atoms with van der Waals surface area (Å²) in [6, 6.07) is 3.51. The number of hydrogen-bond acceptors (Lipinski definition) is 5. The topological polar surface area (TPSA) is 81.1 Å². The van der Waals surface area contributed by atoms with Crippen molar-refractivity contribution < 1.29 is 9.53 Å². The lowest BCUT2D eigenvalue weighted by atomic mass is 10.3. The maximum atomic E-state index is 11.7. The highest BCUT2D eigenvalue weighted by Crippen LogP contribution is 2.15. The van der Waals surface area contributed by atoms with Crippen molar-refractivity contribution in [3.8, 4) is 0 Å². The smallest absolute Gasteiger partial charge is 0.269 e. The maximum absolute atomic E-state index is 11.7. The van der Waals surface area contributed by atoms with E-state index >= 15 is 0 Å². The number of pyridine rings is 1. The molecule has 0 radical (unpaired) electrons. The standard InChI is InChI=1S/C14H19N5O2/c1-3-15-14(20)13-8-11(4-5-16-13)18-12-9-17-19(10-12)6-7-21-2/h4-5,8-10H,3,6-7H2,1-2H3,(H,15,20)(H,16,18). The molecule has 0 bridgehead atoms. The third kappa shape index (κ3) is 4.28. The maximum Gasteiger partial charge on any atom is 0.269 e. The number of hydrogen-bond donors (Lipinski definition) is 2. The molecular formula is C14H19N5O2. The van der Waals surface area contributed by atoms with Gasteiger partial charge in [-0.25, -0.2) is 0 Å². The molecule has 0 aliphatic heterocycles. The van der Waals surface area contributed by atoms with Crippen LogP contribution in [0.25, 0.3) is 0 Å². The van der Waals surface area contributed by atoms with Crippen molar-refractivity contribution >= 4 is 17.3 Å². The fourth-order valence-electron chi connectivity index (χ4n) is 1.79. The number of anilines is 2. The zero-order valence-electron chi connectivity index (χ0n) is 12.2. The van der Waals surface area contributed by atoms with Crippen LogP contribution in [0.1, 0.15) is 17.4 Å². The first-order valence-corrected chi connectivity index (χ1v) is 6.75. The molecule has 2 aromatic heterocycles. The Bertz CT molecular complexity index is 597. The summed E-state index contributed by atoms with van der Waals surface area (Å²) in [5, 5.41) is 10.1. The molecule has 0 fully saturated rings. The van der Waals surface area contributed by atoms with E-state index in [1.807, 2.05) is 13.1 Å². The minimum Gasteiger partial charge on any atom is -0.383 e. The number of nitrogens with one attached hydrogen (secondary N) is 2. The van der Waals surface area contributed by atoms with Gasteiger partial charge in [0.05, 0.1) is 25.0 Å². The van der Waals surface area contributed by atoms with Crippen molar-refractivity contribution in [1.29, 1.82) is 0 Å². The molecule has 7 nitrogen and oxygen atoms in total. The van der Waals surface area contributed by atoms with Gasteiger partial charge in [-0.15, -0.1) is 0 Å². The first-order chi connectivity index (χ1) is 10.2. The lowest BCUT2D eigenvalue weighted by Crippen LogP contribution is -2.23. The number of aromatic nitrogens is 3. The predicted molar refractivity (Wildman–Crippen MR) is 79.6 cm³/mol. The molecule has 2 heterocycles. The molecule has 1 amide bonds. The number of carbonyl (C=O) groups is 1. The van der Waals surface area contributed by atoms with E-state index < -0.39 is 0 Å². The fourth-order valence-corrected chi connectivity index (χ4v) is 1.79. The van der Waals surface area contributed by atoms with Gasteiger partial charge in [0, 0.05) is 31.7 Å². The second kappa shape index (κ2) is 7.39. The lowest BCUT2D eigenvalue weighted by Gasteiger charge is -2.06. The summed E-state index contributed by atoms with van der Waals surface area (Å²) in [6.45, 7) is 3.75. The minimum absolute atomic E-state index is 0.183. The van der Waals surface area contributed by atoms with Crippen LogP contribution in [0.3, 0.4) is 0 Å². The lowest BCUT2D eigenvalue weighted by molar-refractivity contribution is 0.0951. The normalized spacial score (nSPS) is 10.4. The van der Waals surface area contributed by atoms with Crippen molar-refractivity contribution in [2.45, 2.75) is 13.5 Å². The highest BCUT2D eigenvalue weighted by molar-refractivity contribution is 5.93. The Morgan fingerprint density at radius 3 is 3.05 bits per heavy atom. The Kier molecular flexibility index (Phi) is 5.28. The second-order valence-corrected chi connectivity index (χ2v) is 4.40. The summed E-state index contributed by atoms with van der Waals surface area (Å²) in [4.78, 5) is 15.8. The predicted octanol–water partition coefficient (Wildman–Crippen LogP) is 1.42. The van der Waals surface area contributed by atoms with Gasteiger partial charge in [-0.05, 0) is 19.1 Å². The van der Waals surface area contributed by atoms with Crippen LogP contribution in [-0.4, -0.2) is 40.9 Å². The SMILES string of the molecule is CCNC(=O)c1cc(Nc2cnn(CCOC)c2)ccn1. The number of ether oxygens (including phenoxy) is 1. The summed E-state index contributed by atoms with van der Waals surface area (Å²) < 4.78 is 6.79. The van der Waals surface area contributed by atoms with Crippen LogP contribution in [-0.2, 0) is 11.3 Å². The van der Waals surface area contributed by atoms with E-state index in [4.69, 9.17) is 4.74 Å². The monoisotopic (exact) mass is 289 g/mol. The van der Waals surface area contributed by atoms with Crippen LogP contribution in [0.5, 0.6) is 0 Å². The molecule has 0 saturated carbocycles. The van der Waals surface area contributed by atoms with Crippen molar-refractivity contribution in [2.75, 3.05) is 25.6 Å². The summed E-state index contributed by atoms with van der Waals surface area (Å²) in [6.07, 6.45) is 5.20. The largest absolute Gasteiger partial charge is 0.383 e. The summed E-state index contributed by atoms with van der Waals surface area (Å²) in [5.41, 5.74) is 2.02. The molecule has 0 atom stereocenters. The molecule has 21 heavy (non-hydrogen) atoms. The highest BCUT2D eigenvalue weighted by atomic mass is 16.5. The first-order valence-electron chi connectivity index (χ1n) is 6.75. The van der Waals surface area contributed by atoms with Gasteiger partial charge in [-0.1, -0.05) is 0 Å². The van der Waals surface area contributed by atoms with Crippen LogP contribution < -0.4 is 10.6 Å². The summed E-state index contributed by atoms with van der Waals surface area (Å²) in [7, 11) is 1.66. The van der Waals surface area contributed by atoms with Crippen LogP contribution in [0.15, 0.2) is 30.7 Å². The molecule has 0 aromatic carbocycles. The zero-order chi connectivity index (χ0) is 15.1. The third-order valence-corrected chi connectivity index (χ3v) is 2.78. The Morgan fingerprint density at radius 2 is 2.29 bits per heavy atom. The molecular weight excluding hydrogens is 270 g/mol. The Hall–Kier alpha value is -2.41. The van der Waals surface area contributed by atoms with Crippen molar-refractivity contribution in [3.05, 3.63) is 36.4 Å². The van der Waals surface area contributed by atoms with Gasteiger partial charge < -0.3 is 15.4 Å². The van der Waals surface area contributed by atoms with E-state index in [0.717, 1.165) is 11.4 Å². The number of rotatable bonds is 7. The van der Waals surface area contributed by atoms with Crippen molar-refractivity contribution in [3.63, 3.8) is 0 Å². The number of carbonyl (C=O) groups excluding carboxylic acids is 1. The summed E-state index contributed by atoms with van der Waals surface area (Å²) in [5.74, 6) is -0.183. The minimum atomic E-state index is -0.183. The molecule has 112 valence electrons. The van der Waals surface area contributed by atoms with Crippen molar-refractivity contribution in [2.24, 2.45) is 0 Å². The van der Waals surface area contributed by atoms with Crippen LogP contribution in [0.4, 0.5) is 11.4 Å². The van der Waals surface area contributed by atoms with Crippen LogP contribution >= 0.6 is 0 Å². The van der Waals surface area contributed by atoms with Gasteiger partial charge in [0.15, 0.2) is 0 Å². The number of amides is 1. The van der Waals surface area contributed by atoms with E-state index in [1.165, 1.54) is 0 Å². The van der Waals surface area contributed by atoms with Gasteiger partial charge in [-0.2, -0.15) is 5.10 Å². The second-order valence-electron chi connectivity index (χ2n) is 4.40. The van der Waals surface area contributed by atoms with Gasteiger partial charge >= 0.3 is 0 Å². The summed E-state index contributed by atoms with van der Waals surface area (Å²) >= 11 is 0. The van der Waals surface area contributed by atoms with Gasteiger partial charge in [0.2, 0.25) is 0 Å². The molecule has 2 N–H and O–H groups in total. The molecule has 7 heteroatoms. The first kappa shape index (κ1) is 15.0. The Morgan fingerprint density at radius 1 is 1.43 bits per heavy atom. The van der Waals surface area contributed by atoms with Crippen molar-refractivity contribution in [1.82, 2.24) is 20.1 Å². The molecule has 2 aromatic rings. The highest BCUT2D eigenvalue weighted by Gasteiger charge is 2.07. The number of nitrogens with zero attached hydrogens (tertiary/aromatic N) is 3. The quantitative estimate of drug-likeness (QED) is 0.805. The fraction of sp³-hybridized carbons (Fsp3) is 0.357. The van der Waals surface area contributed by atoms with Gasteiger partial charge in [0.25, 0.3) is 5.91 Å². The van der Waals surface area contributed by atoms with Crippen LogP contribution in [0, 0.1) is 0 Å². The van der Waals surface area contributed by atoms with E-state index in [9.17, 15) is 4.79 Å². The Labute approximate surface area is 123 Å². The zero-order valence-corrected chi connectivity index (χ0v) is 12.2. The molecule has 0 spiro atoms. The molecule has 2 rings (SSSR count). The van der Waals surface area contributed by atoms with E-state index in [-0.39, 0.29) is 5.91 Å².